The number of thiocarbonyl (C=S) groups is 1. The number of nitrogens with two attached hydrogens (primary N) is 1. The van der Waals surface area contributed by atoms with E-state index in [1.165, 1.54) is 11.2 Å². The molecule has 0 saturated heterocycles. The van der Waals surface area contributed by atoms with Crippen LogP contribution in [0.2, 0.25) is 0 Å². The molecule has 7 heteroatoms. The fourth-order valence-electron chi connectivity index (χ4n) is 1.10. The molecular formula is C8H18N2O3S2. The average molecular weight is 254 g/mol. The van der Waals surface area contributed by atoms with Crippen LogP contribution >= 0.6 is 12.2 Å². The van der Waals surface area contributed by atoms with Crippen molar-refractivity contribution in [1.82, 2.24) is 4.31 Å². The van der Waals surface area contributed by atoms with Gasteiger partial charge in [0.25, 0.3) is 0 Å². The Hall–Kier alpha value is -0.240. The standard InChI is InChI=1S/C8H18N2O3S2/c1-3-4-10(5-6-11)15(12,13)7(2)8(9)14/h7,11H,3-6H2,1-2H3,(H2,9,14). The van der Waals surface area contributed by atoms with Gasteiger partial charge in [-0.05, 0) is 13.3 Å². The van der Waals surface area contributed by atoms with Crippen LogP contribution < -0.4 is 5.73 Å². The normalized spacial score (nSPS) is 14.1. The Morgan fingerprint density at radius 2 is 2.07 bits per heavy atom. The molecule has 0 fully saturated rings. The molecule has 0 aromatic rings. The van der Waals surface area contributed by atoms with Crippen molar-refractivity contribution in [2.75, 3.05) is 19.7 Å². The Kier molecular flexibility index (Phi) is 6.26. The number of sulfonamides is 1. The van der Waals surface area contributed by atoms with E-state index < -0.39 is 15.3 Å². The second-order valence-corrected chi connectivity index (χ2v) is 5.94. The van der Waals surface area contributed by atoms with Gasteiger partial charge in [-0.25, -0.2) is 8.42 Å². The summed E-state index contributed by atoms with van der Waals surface area (Å²) in [5.41, 5.74) is 5.32. The second kappa shape index (κ2) is 6.37. The summed E-state index contributed by atoms with van der Waals surface area (Å²) in [6, 6.07) is 0. The van der Waals surface area contributed by atoms with Crippen molar-refractivity contribution in [1.29, 1.82) is 0 Å². The lowest BCUT2D eigenvalue weighted by Crippen LogP contribution is -2.44. The molecule has 1 unspecified atom stereocenters. The summed E-state index contributed by atoms with van der Waals surface area (Å²) in [6.07, 6.45) is 0.684. The third-order valence-corrected chi connectivity index (χ3v) is 4.76. The van der Waals surface area contributed by atoms with E-state index >= 15 is 0 Å². The van der Waals surface area contributed by atoms with E-state index in [1.807, 2.05) is 6.92 Å². The number of aliphatic hydroxyl groups is 1. The molecular weight excluding hydrogens is 236 g/mol. The molecule has 15 heavy (non-hydrogen) atoms. The zero-order valence-electron chi connectivity index (χ0n) is 9.01. The molecule has 0 aliphatic carbocycles. The Morgan fingerprint density at radius 3 is 2.40 bits per heavy atom. The second-order valence-electron chi connectivity index (χ2n) is 3.21. The first kappa shape index (κ1) is 14.8. The van der Waals surface area contributed by atoms with Crippen LogP contribution in [0, 0.1) is 0 Å². The van der Waals surface area contributed by atoms with Crippen molar-refractivity contribution in [3.8, 4) is 0 Å². The zero-order chi connectivity index (χ0) is 12.1. The topological polar surface area (TPSA) is 83.6 Å². The molecule has 5 nitrogen and oxygen atoms in total. The van der Waals surface area contributed by atoms with Gasteiger partial charge in [0.2, 0.25) is 10.0 Å². The van der Waals surface area contributed by atoms with Gasteiger partial charge in [0.1, 0.15) is 5.25 Å². The van der Waals surface area contributed by atoms with E-state index in [0.29, 0.717) is 13.0 Å². The third kappa shape index (κ3) is 4.02. The van der Waals surface area contributed by atoms with Gasteiger partial charge in [-0.2, -0.15) is 4.31 Å². The lowest BCUT2D eigenvalue weighted by Gasteiger charge is -2.24. The maximum absolute atomic E-state index is 11.9. The predicted octanol–water partition coefficient (Wildman–Crippen LogP) is -0.305. The lowest BCUT2D eigenvalue weighted by atomic mass is 10.5. The van der Waals surface area contributed by atoms with Crippen molar-refractivity contribution >= 4 is 27.2 Å². The Labute approximate surface area is 96.3 Å². The summed E-state index contributed by atoms with van der Waals surface area (Å²) in [5.74, 6) is 0. The summed E-state index contributed by atoms with van der Waals surface area (Å²) in [6.45, 7) is 3.57. The van der Waals surface area contributed by atoms with Gasteiger partial charge in [-0.15, -0.1) is 0 Å². The minimum Gasteiger partial charge on any atom is -0.395 e. The molecule has 0 amide bonds. The first-order valence-electron chi connectivity index (χ1n) is 4.77. The highest BCUT2D eigenvalue weighted by Crippen LogP contribution is 2.09. The summed E-state index contributed by atoms with van der Waals surface area (Å²) in [5, 5.41) is 7.89. The van der Waals surface area contributed by atoms with Crippen LogP contribution in [0.1, 0.15) is 20.3 Å². The monoisotopic (exact) mass is 254 g/mol. The zero-order valence-corrected chi connectivity index (χ0v) is 10.6. The van der Waals surface area contributed by atoms with Crippen LogP contribution in [0.25, 0.3) is 0 Å². The predicted molar refractivity (Wildman–Crippen MR) is 64.1 cm³/mol. The molecule has 0 rings (SSSR count). The van der Waals surface area contributed by atoms with Gasteiger partial charge < -0.3 is 10.8 Å². The molecule has 0 aliphatic rings. The van der Waals surface area contributed by atoms with Crippen LogP contribution in [0.3, 0.4) is 0 Å². The van der Waals surface area contributed by atoms with Crippen molar-refractivity contribution < 1.29 is 13.5 Å². The van der Waals surface area contributed by atoms with E-state index in [2.05, 4.69) is 12.2 Å². The van der Waals surface area contributed by atoms with Gasteiger partial charge in [0.15, 0.2) is 0 Å². The van der Waals surface area contributed by atoms with Crippen LogP contribution in [-0.2, 0) is 10.0 Å². The molecule has 0 spiro atoms. The number of aliphatic hydroxyl groups excluding tert-OH is 1. The highest BCUT2D eigenvalue weighted by molar-refractivity contribution is 7.92. The minimum atomic E-state index is -3.52. The van der Waals surface area contributed by atoms with Crippen LogP contribution in [0.15, 0.2) is 0 Å². The molecule has 0 heterocycles. The fourth-order valence-corrected chi connectivity index (χ4v) is 2.98. The molecule has 90 valence electrons. The van der Waals surface area contributed by atoms with Crippen LogP contribution in [0.5, 0.6) is 0 Å². The number of rotatable bonds is 7. The Morgan fingerprint density at radius 1 is 1.53 bits per heavy atom. The molecule has 1 atom stereocenters. The maximum Gasteiger partial charge on any atom is 0.223 e. The first-order valence-corrected chi connectivity index (χ1v) is 6.68. The fraction of sp³-hybridized carbons (Fsp3) is 0.875. The summed E-state index contributed by atoms with van der Waals surface area (Å²) in [7, 11) is -3.52. The highest BCUT2D eigenvalue weighted by atomic mass is 32.2. The van der Waals surface area contributed by atoms with Crippen molar-refractivity contribution in [2.24, 2.45) is 5.73 Å². The van der Waals surface area contributed by atoms with Gasteiger partial charge in [-0.3, -0.25) is 0 Å². The van der Waals surface area contributed by atoms with Crippen LogP contribution in [0.4, 0.5) is 0 Å². The van der Waals surface area contributed by atoms with E-state index in [1.54, 1.807) is 0 Å². The Balaban J connectivity index is 4.85. The molecule has 0 aromatic carbocycles. The van der Waals surface area contributed by atoms with E-state index in [4.69, 9.17) is 10.8 Å². The van der Waals surface area contributed by atoms with E-state index in [-0.39, 0.29) is 18.1 Å². The third-order valence-electron chi connectivity index (χ3n) is 2.03. The van der Waals surface area contributed by atoms with Crippen molar-refractivity contribution in [3.05, 3.63) is 0 Å². The van der Waals surface area contributed by atoms with Crippen molar-refractivity contribution in [3.63, 3.8) is 0 Å². The first-order chi connectivity index (χ1) is 6.87. The SMILES string of the molecule is CCCN(CCO)S(=O)(=O)C(C)C(N)=S. The van der Waals surface area contributed by atoms with Gasteiger partial charge in [-0.1, -0.05) is 19.1 Å². The molecule has 0 bridgehead atoms. The summed E-state index contributed by atoms with van der Waals surface area (Å²) >= 11 is 4.66. The van der Waals surface area contributed by atoms with Crippen molar-refractivity contribution in [2.45, 2.75) is 25.5 Å². The number of hydrogen-bond donors (Lipinski definition) is 2. The van der Waals surface area contributed by atoms with E-state index in [9.17, 15) is 8.42 Å². The maximum atomic E-state index is 11.9. The molecule has 3 N–H and O–H groups in total. The minimum absolute atomic E-state index is 0.0472. The Bertz CT molecular complexity index is 297. The number of nitrogens with zero attached hydrogens (tertiary/aromatic N) is 1. The largest absolute Gasteiger partial charge is 0.395 e. The lowest BCUT2D eigenvalue weighted by molar-refractivity contribution is 0.253. The van der Waals surface area contributed by atoms with Gasteiger partial charge in [0, 0.05) is 13.1 Å². The summed E-state index contributed by atoms with van der Waals surface area (Å²) in [4.78, 5) is -0.0472. The van der Waals surface area contributed by atoms with E-state index in [0.717, 1.165) is 0 Å². The molecule has 0 aromatic heterocycles. The molecule has 0 radical (unpaired) electrons. The van der Waals surface area contributed by atoms with Gasteiger partial charge >= 0.3 is 0 Å². The average Bonchev–Trinajstić information content (AvgIpc) is 2.16. The number of hydrogen-bond acceptors (Lipinski definition) is 4. The van der Waals surface area contributed by atoms with Crippen LogP contribution in [-0.4, -0.2) is 47.8 Å². The molecule has 0 aliphatic heterocycles. The van der Waals surface area contributed by atoms with Gasteiger partial charge in [0.05, 0.1) is 11.6 Å². The highest BCUT2D eigenvalue weighted by Gasteiger charge is 2.29. The quantitative estimate of drug-likeness (QED) is 0.609. The molecule has 0 saturated carbocycles. The smallest absolute Gasteiger partial charge is 0.223 e. The summed E-state index contributed by atoms with van der Waals surface area (Å²) < 4.78 is 25.0.